The van der Waals surface area contributed by atoms with Crippen LogP contribution in [0.15, 0.2) is 43.1 Å². The number of nitrogens with two attached hydrogens (primary N) is 2. The van der Waals surface area contributed by atoms with E-state index in [4.69, 9.17) is 37.5 Å². The summed E-state index contributed by atoms with van der Waals surface area (Å²) < 4.78 is 60.3. The van der Waals surface area contributed by atoms with Gasteiger partial charge in [0.2, 0.25) is 0 Å². The maximum atomic E-state index is 17.5. The van der Waals surface area contributed by atoms with Gasteiger partial charge in [0.25, 0.3) is 0 Å². The Bertz CT molecular complexity index is 2330. The average molecular weight is 747 g/mol. The van der Waals surface area contributed by atoms with Crippen molar-refractivity contribution in [3.05, 3.63) is 70.9 Å². The molecule has 0 bridgehead atoms. The number of fused-ring (bicyclic) bond motifs is 2. The number of ether oxygens (including phenoxy) is 2. The summed E-state index contributed by atoms with van der Waals surface area (Å²) in [6, 6.07) is 6.98. The van der Waals surface area contributed by atoms with Crippen LogP contribution in [0.25, 0.3) is 32.1 Å². The third kappa shape index (κ3) is 5.12. The maximum absolute atomic E-state index is 17.5. The maximum Gasteiger partial charge on any atom is 0.319 e. The first-order valence-electron chi connectivity index (χ1n) is 16.9. The van der Waals surface area contributed by atoms with E-state index >= 15 is 8.78 Å². The number of benzene rings is 2. The molecule has 6 heterocycles. The molecule has 0 radical (unpaired) electrons. The van der Waals surface area contributed by atoms with Crippen LogP contribution in [-0.4, -0.2) is 63.4 Å². The summed E-state index contributed by atoms with van der Waals surface area (Å²) in [6.07, 6.45) is 3.62. The van der Waals surface area contributed by atoms with Gasteiger partial charge in [-0.2, -0.15) is 15.2 Å². The minimum atomic E-state index is -0.985. The highest BCUT2D eigenvalue weighted by Gasteiger charge is 2.49. The Morgan fingerprint density at radius 2 is 2.08 bits per heavy atom. The highest BCUT2D eigenvalue weighted by molar-refractivity contribution is 7.23. The van der Waals surface area contributed by atoms with Crippen LogP contribution in [0.4, 0.5) is 29.8 Å². The second-order valence-corrected chi connectivity index (χ2v) is 15.0. The molecule has 3 aliphatic rings. The summed E-state index contributed by atoms with van der Waals surface area (Å²) >= 11 is 8.05. The molecule has 3 aliphatic heterocycles. The van der Waals surface area contributed by atoms with E-state index in [1.54, 1.807) is 18.3 Å². The number of rotatable bonds is 7. The van der Waals surface area contributed by atoms with Crippen molar-refractivity contribution < 1.29 is 22.6 Å². The number of aromatic nitrogens is 3. The zero-order valence-electron chi connectivity index (χ0n) is 28.3. The minimum absolute atomic E-state index is 0.00139. The Labute approximate surface area is 306 Å². The quantitative estimate of drug-likeness (QED) is 0.159. The van der Waals surface area contributed by atoms with Crippen LogP contribution >= 0.6 is 22.9 Å². The largest absolute Gasteiger partial charge is 0.486 e. The second kappa shape index (κ2) is 12.7. The molecule has 2 fully saturated rings. The van der Waals surface area contributed by atoms with Gasteiger partial charge in [0.15, 0.2) is 11.6 Å². The molecule has 4 N–H and O–H groups in total. The Balaban J connectivity index is 1.41. The van der Waals surface area contributed by atoms with Crippen molar-refractivity contribution in [1.82, 2.24) is 19.9 Å². The zero-order chi connectivity index (χ0) is 36.6. The van der Waals surface area contributed by atoms with E-state index in [1.165, 1.54) is 12.1 Å². The van der Waals surface area contributed by atoms with Crippen LogP contribution in [-0.2, 0) is 0 Å². The van der Waals surface area contributed by atoms with Gasteiger partial charge in [0.1, 0.15) is 52.9 Å². The minimum Gasteiger partial charge on any atom is -0.486 e. The number of thiophene rings is 1. The van der Waals surface area contributed by atoms with E-state index in [2.05, 4.69) is 21.4 Å². The van der Waals surface area contributed by atoms with E-state index in [9.17, 15) is 9.65 Å². The third-order valence-corrected chi connectivity index (χ3v) is 12.1. The highest BCUT2D eigenvalue weighted by atomic mass is 35.5. The van der Waals surface area contributed by atoms with Crippen molar-refractivity contribution in [3.63, 3.8) is 0 Å². The molecule has 5 atom stereocenters. The molecule has 10 nitrogen and oxygen atoms in total. The SMILES string of the molecule is C=C[C@H]1C(C)Oc2c(Cl)c(-c3ccc(F)c4sc(N)c(C#N)c34)c(F)c3nc(OC[C@@]45CCCN4C[C@H](F)C5)nc(c23)N1C(C)c1cccnc1N. The summed E-state index contributed by atoms with van der Waals surface area (Å²) in [6.45, 7) is 9.02. The standard InChI is InChI=1S/C37H34ClF3N8O2S/c1-4-24-18(3)51-31-27-30(29(41)26(28(31)38)21-8-9-23(40)32-25(21)22(14-42)34(44)52-32)46-36(50-16-37-10-6-12-48(37)15-19(39)13-37)47-35(27)49(24)17(2)20-7-5-11-45-33(20)43/h4-5,7-9,11,17-19,24H,1,6,10,12-13,15-16,44H2,2-3H3,(H2,43,45)/t17?,18?,19-,24+,37+/m1/s1. The van der Waals surface area contributed by atoms with E-state index in [0.717, 1.165) is 30.7 Å². The smallest absolute Gasteiger partial charge is 0.319 e. The predicted octanol–water partition coefficient (Wildman–Crippen LogP) is 7.73. The zero-order valence-corrected chi connectivity index (χ0v) is 29.9. The molecule has 2 unspecified atom stereocenters. The van der Waals surface area contributed by atoms with Crippen LogP contribution in [0.1, 0.15) is 50.3 Å². The molecule has 0 amide bonds. The molecule has 0 aliphatic carbocycles. The van der Waals surface area contributed by atoms with Gasteiger partial charge in [-0.3, -0.25) is 4.90 Å². The Kier molecular flexibility index (Phi) is 8.35. The number of nitrogen functional groups attached to an aromatic ring is 2. The molecule has 52 heavy (non-hydrogen) atoms. The molecule has 0 spiro atoms. The number of hydrogen-bond donors (Lipinski definition) is 2. The third-order valence-electron chi connectivity index (χ3n) is 10.7. The van der Waals surface area contributed by atoms with Crippen molar-refractivity contribution >= 4 is 60.6 Å². The van der Waals surface area contributed by atoms with Gasteiger partial charge in [-0.25, -0.2) is 18.2 Å². The Hall–Kier alpha value is -4.84. The van der Waals surface area contributed by atoms with Crippen LogP contribution < -0.4 is 25.8 Å². The number of anilines is 3. The molecule has 3 aromatic heterocycles. The summed E-state index contributed by atoms with van der Waals surface area (Å²) in [5.41, 5.74) is 12.5. The highest BCUT2D eigenvalue weighted by Crippen LogP contribution is 2.53. The van der Waals surface area contributed by atoms with Gasteiger partial charge in [0, 0.05) is 35.7 Å². The molecular weight excluding hydrogens is 713 g/mol. The number of halogens is 4. The average Bonchev–Trinajstić information content (AvgIpc) is 3.74. The first kappa shape index (κ1) is 34.3. The lowest BCUT2D eigenvalue weighted by molar-refractivity contribution is 0.107. The lowest BCUT2D eigenvalue weighted by Gasteiger charge is -2.37. The Morgan fingerprint density at radius 3 is 2.83 bits per heavy atom. The topological polar surface area (TPSA) is 139 Å². The van der Waals surface area contributed by atoms with Gasteiger partial charge >= 0.3 is 6.01 Å². The van der Waals surface area contributed by atoms with Crippen molar-refractivity contribution in [2.75, 3.05) is 36.1 Å². The van der Waals surface area contributed by atoms with Gasteiger partial charge in [-0.1, -0.05) is 29.8 Å². The molecule has 8 rings (SSSR count). The molecule has 5 aromatic rings. The number of alkyl halides is 1. The monoisotopic (exact) mass is 746 g/mol. The first-order valence-corrected chi connectivity index (χ1v) is 18.1. The van der Waals surface area contributed by atoms with Gasteiger partial charge in [0.05, 0.1) is 38.3 Å². The summed E-state index contributed by atoms with van der Waals surface area (Å²) in [5.74, 6) is -0.869. The second-order valence-electron chi connectivity index (χ2n) is 13.6. The van der Waals surface area contributed by atoms with E-state index in [1.807, 2.05) is 30.9 Å². The number of nitriles is 1. The number of pyridine rings is 1. The molecule has 2 saturated heterocycles. The lowest BCUT2D eigenvalue weighted by Crippen LogP contribution is -2.45. The van der Waals surface area contributed by atoms with Crippen LogP contribution in [0, 0.1) is 23.0 Å². The summed E-state index contributed by atoms with van der Waals surface area (Å²) in [7, 11) is 0. The van der Waals surface area contributed by atoms with Gasteiger partial charge < -0.3 is 25.8 Å². The fourth-order valence-corrected chi connectivity index (χ4v) is 9.57. The van der Waals surface area contributed by atoms with E-state index < -0.39 is 41.5 Å². The van der Waals surface area contributed by atoms with Crippen molar-refractivity contribution in [2.24, 2.45) is 0 Å². The molecule has 0 saturated carbocycles. The normalized spacial score (nSPS) is 23.3. The fraction of sp³-hybridized carbons (Fsp3) is 0.351. The summed E-state index contributed by atoms with van der Waals surface area (Å²) in [5, 5.41) is 10.3. The lowest BCUT2D eigenvalue weighted by atomic mass is 9.95. The van der Waals surface area contributed by atoms with Crippen LogP contribution in [0.5, 0.6) is 11.8 Å². The van der Waals surface area contributed by atoms with Crippen molar-refractivity contribution in [3.8, 4) is 29.0 Å². The van der Waals surface area contributed by atoms with Crippen LogP contribution in [0.3, 0.4) is 0 Å². The molecular formula is C37H34ClF3N8O2S. The first-order chi connectivity index (χ1) is 25.0. The van der Waals surface area contributed by atoms with Gasteiger partial charge in [-0.05, 0) is 50.9 Å². The fourth-order valence-electron chi connectivity index (χ4n) is 8.29. The summed E-state index contributed by atoms with van der Waals surface area (Å²) in [4.78, 5) is 17.8. The molecule has 15 heteroatoms. The van der Waals surface area contributed by atoms with Crippen molar-refractivity contribution in [2.45, 2.75) is 63.0 Å². The van der Waals surface area contributed by atoms with Gasteiger partial charge in [-0.15, -0.1) is 17.9 Å². The predicted molar refractivity (Wildman–Crippen MR) is 197 cm³/mol. The van der Waals surface area contributed by atoms with Crippen LogP contribution in [0.2, 0.25) is 5.02 Å². The van der Waals surface area contributed by atoms with E-state index in [0.29, 0.717) is 24.3 Å². The van der Waals surface area contributed by atoms with Crippen molar-refractivity contribution in [1.29, 1.82) is 5.26 Å². The molecule has 2 aromatic carbocycles. The Morgan fingerprint density at radius 1 is 1.27 bits per heavy atom. The number of nitrogens with zero attached hydrogens (tertiary/aromatic N) is 6. The molecule has 268 valence electrons. The number of hydrogen-bond acceptors (Lipinski definition) is 11. The van der Waals surface area contributed by atoms with E-state index in [-0.39, 0.29) is 71.9 Å².